The Labute approximate surface area is 212 Å². The zero-order valence-electron chi connectivity index (χ0n) is 19.4. The molecule has 8 nitrogen and oxygen atoms in total. The molecule has 180 valence electrons. The number of urea groups is 1. The maximum Gasteiger partial charge on any atom is 0.319 e. The molecule has 0 spiro atoms. The minimum absolute atomic E-state index is 0.177. The van der Waals surface area contributed by atoms with E-state index < -0.39 is 6.04 Å². The fraction of sp³-hybridized carbons (Fsp3) is 0.360. The molecule has 3 amide bonds. The van der Waals surface area contributed by atoms with Crippen LogP contribution in [-0.4, -0.2) is 32.3 Å². The number of hydrogen-bond donors (Lipinski definition) is 3. The van der Waals surface area contributed by atoms with Gasteiger partial charge in [-0.15, -0.1) is 0 Å². The zero-order valence-corrected chi connectivity index (χ0v) is 21.5. The van der Waals surface area contributed by atoms with Crippen molar-refractivity contribution in [1.29, 1.82) is 0 Å². The van der Waals surface area contributed by atoms with E-state index in [1.54, 1.807) is 33.3 Å². The number of methoxy groups -OCH3 is 2. The number of ether oxygens (including phenoxy) is 3. The number of carbonyl (C=O) groups excluding carboxylic acids is 2. The van der Waals surface area contributed by atoms with Crippen LogP contribution in [0.2, 0.25) is 0 Å². The number of para-hydroxylation sites is 2. The van der Waals surface area contributed by atoms with E-state index in [9.17, 15) is 9.59 Å². The Morgan fingerprint density at radius 2 is 1.79 bits per heavy atom. The van der Waals surface area contributed by atoms with Crippen molar-refractivity contribution in [3.8, 4) is 17.2 Å². The predicted molar refractivity (Wildman–Crippen MR) is 137 cm³/mol. The molecule has 0 aromatic heterocycles. The van der Waals surface area contributed by atoms with Gasteiger partial charge in [-0.3, -0.25) is 4.79 Å². The van der Waals surface area contributed by atoms with Crippen LogP contribution in [0.5, 0.6) is 17.2 Å². The summed E-state index contributed by atoms with van der Waals surface area (Å²) >= 11 is 2.21. The van der Waals surface area contributed by atoms with Gasteiger partial charge >= 0.3 is 6.03 Å². The first-order chi connectivity index (χ1) is 16.4. The molecule has 2 aliphatic rings. The third-order valence-electron chi connectivity index (χ3n) is 6.04. The molecule has 0 radical (unpaired) electrons. The molecule has 2 aromatic rings. The molecular formula is C25H28IN3O5. The van der Waals surface area contributed by atoms with Gasteiger partial charge in [-0.2, -0.15) is 0 Å². The van der Waals surface area contributed by atoms with E-state index >= 15 is 0 Å². The number of amides is 3. The van der Waals surface area contributed by atoms with Crippen LogP contribution >= 0.6 is 22.6 Å². The van der Waals surface area contributed by atoms with E-state index in [1.165, 1.54) is 0 Å². The lowest BCUT2D eigenvalue weighted by atomic mass is 9.94. The number of hydrogen-bond acceptors (Lipinski definition) is 5. The molecule has 34 heavy (non-hydrogen) atoms. The molecule has 1 fully saturated rings. The van der Waals surface area contributed by atoms with Gasteiger partial charge in [0.25, 0.3) is 5.91 Å². The third-order valence-corrected chi connectivity index (χ3v) is 6.84. The highest BCUT2D eigenvalue weighted by molar-refractivity contribution is 14.1. The summed E-state index contributed by atoms with van der Waals surface area (Å²) in [5.41, 5.74) is 2.13. The van der Waals surface area contributed by atoms with Crippen molar-refractivity contribution in [2.75, 3.05) is 19.5 Å². The van der Waals surface area contributed by atoms with E-state index in [-0.39, 0.29) is 18.0 Å². The monoisotopic (exact) mass is 577 g/mol. The largest absolute Gasteiger partial charge is 0.495 e. The van der Waals surface area contributed by atoms with Crippen LogP contribution in [0.15, 0.2) is 47.7 Å². The smallest absolute Gasteiger partial charge is 0.319 e. The summed E-state index contributed by atoms with van der Waals surface area (Å²) in [6.45, 7) is 1.71. The molecule has 9 heteroatoms. The Bertz CT molecular complexity index is 1130. The van der Waals surface area contributed by atoms with Gasteiger partial charge in [0, 0.05) is 5.70 Å². The van der Waals surface area contributed by atoms with E-state index in [0.717, 1.165) is 34.8 Å². The van der Waals surface area contributed by atoms with E-state index in [0.29, 0.717) is 34.2 Å². The van der Waals surface area contributed by atoms with Crippen molar-refractivity contribution in [3.63, 3.8) is 0 Å². The molecule has 1 heterocycles. The molecule has 2 aromatic carbocycles. The van der Waals surface area contributed by atoms with E-state index in [1.807, 2.05) is 24.3 Å². The molecule has 4 rings (SSSR count). The quantitative estimate of drug-likeness (QED) is 0.407. The summed E-state index contributed by atoms with van der Waals surface area (Å²) in [5.74, 6) is 1.46. The number of halogens is 1. The Kier molecular flexibility index (Phi) is 7.50. The molecule has 3 N–H and O–H groups in total. The molecule has 1 atom stereocenters. The fourth-order valence-corrected chi connectivity index (χ4v) is 5.13. The first-order valence-electron chi connectivity index (χ1n) is 11.2. The van der Waals surface area contributed by atoms with Gasteiger partial charge < -0.3 is 30.2 Å². The summed E-state index contributed by atoms with van der Waals surface area (Å²) in [7, 11) is 3.14. The summed E-state index contributed by atoms with van der Waals surface area (Å²) in [4.78, 5) is 25.8. The normalized spacial score (nSPS) is 18.2. The minimum atomic E-state index is -0.675. The Morgan fingerprint density at radius 3 is 2.50 bits per heavy atom. The molecule has 0 bridgehead atoms. The van der Waals surface area contributed by atoms with Gasteiger partial charge in [0.2, 0.25) is 0 Å². The number of nitrogens with one attached hydrogen (secondary N) is 3. The Balaban J connectivity index is 1.68. The zero-order chi connectivity index (χ0) is 24.2. The first-order valence-corrected chi connectivity index (χ1v) is 12.3. The van der Waals surface area contributed by atoms with Crippen LogP contribution in [0.1, 0.15) is 44.2 Å². The standard InChI is InChI=1S/C25H28IN3O5/c1-14-21(24(30)28-18-10-6-7-11-19(18)32-2)22(29-25(31)27-14)15-12-17(26)23(20(13-15)33-3)34-16-8-4-5-9-16/h6-7,10-13,16,22H,4-5,8-9H2,1-3H3,(H,28,30)(H2,27,29,31). The average molecular weight is 577 g/mol. The molecule has 1 aliphatic heterocycles. The van der Waals surface area contributed by atoms with Gasteiger partial charge in [0.15, 0.2) is 11.5 Å². The van der Waals surface area contributed by atoms with Crippen LogP contribution < -0.4 is 30.2 Å². The fourth-order valence-electron chi connectivity index (χ4n) is 4.38. The molecule has 1 aliphatic carbocycles. The Morgan fingerprint density at radius 1 is 1.09 bits per heavy atom. The first kappa shape index (κ1) is 24.2. The van der Waals surface area contributed by atoms with Gasteiger partial charge in [0.05, 0.1) is 41.2 Å². The summed E-state index contributed by atoms with van der Waals surface area (Å²) in [5, 5.41) is 8.49. The molecule has 1 saturated carbocycles. The molecule has 1 unspecified atom stereocenters. The van der Waals surface area contributed by atoms with Crippen molar-refractivity contribution in [1.82, 2.24) is 10.6 Å². The lowest BCUT2D eigenvalue weighted by Crippen LogP contribution is -2.46. The van der Waals surface area contributed by atoms with Crippen molar-refractivity contribution in [3.05, 3.63) is 56.8 Å². The lowest BCUT2D eigenvalue weighted by Gasteiger charge is -2.29. The highest BCUT2D eigenvalue weighted by Gasteiger charge is 2.33. The van der Waals surface area contributed by atoms with E-state index in [2.05, 4.69) is 38.5 Å². The SMILES string of the molecule is COc1ccccc1NC(=O)C1=C(C)NC(=O)NC1c1cc(I)c(OC2CCCC2)c(OC)c1. The predicted octanol–water partition coefficient (Wildman–Crippen LogP) is 4.90. The Hall–Kier alpha value is -2.95. The number of anilines is 1. The third kappa shape index (κ3) is 5.08. The number of rotatable bonds is 7. The second kappa shape index (κ2) is 10.5. The topological polar surface area (TPSA) is 97.9 Å². The summed E-state index contributed by atoms with van der Waals surface area (Å²) in [6, 6.07) is 9.87. The highest BCUT2D eigenvalue weighted by Crippen LogP contribution is 2.40. The van der Waals surface area contributed by atoms with E-state index in [4.69, 9.17) is 14.2 Å². The van der Waals surface area contributed by atoms with Crippen LogP contribution in [0, 0.1) is 3.57 Å². The lowest BCUT2D eigenvalue weighted by molar-refractivity contribution is -0.113. The summed E-state index contributed by atoms with van der Waals surface area (Å²) in [6.07, 6.45) is 4.56. The van der Waals surface area contributed by atoms with Crippen molar-refractivity contribution >= 4 is 40.2 Å². The number of carbonyl (C=O) groups is 2. The van der Waals surface area contributed by atoms with Crippen LogP contribution in [-0.2, 0) is 4.79 Å². The maximum atomic E-state index is 13.4. The maximum absolute atomic E-state index is 13.4. The van der Waals surface area contributed by atoms with Gasteiger partial charge in [-0.05, 0) is 85.0 Å². The van der Waals surface area contributed by atoms with Gasteiger partial charge in [-0.25, -0.2) is 4.79 Å². The average Bonchev–Trinajstić information content (AvgIpc) is 3.33. The summed E-state index contributed by atoms with van der Waals surface area (Å²) < 4.78 is 18.1. The van der Waals surface area contributed by atoms with Gasteiger partial charge in [-0.1, -0.05) is 12.1 Å². The van der Waals surface area contributed by atoms with Crippen LogP contribution in [0.25, 0.3) is 0 Å². The van der Waals surface area contributed by atoms with Crippen molar-refractivity contribution in [2.24, 2.45) is 0 Å². The van der Waals surface area contributed by atoms with Gasteiger partial charge in [0.1, 0.15) is 5.75 Å². The number of allylic oxidation sites excluding steroid dienone is 1. The highest BCUT2D eigenvalue weighted by atomic mass is 127. The molecular weight excluding hydrogens is 549 g/mol. The second-order valence-electron chi connectivity index (χ2n) is 8.28. The molecule has 0 saturated heterocycles. The van der Waals surface area contributed by atoms with Crippen molar-refractivity contribution in [2.45, 2.75) is 44.8 Å². The van der Waals surface area contributed by atoms with Crippen LogP contribution in [0.3, 0.4) is 0 Å². The second-order valence-corrected chi connectivity index (χ2v) is 9.45. The van der Waals surface area contributed by atoms with Crippen molar-refractivity contribution < 1.29 is 23.8 Å². The van der Waals surface area contributed by atoms with Crippen LogP contribution in [0.4, 0.5) is 10.5 Å². The number of benzene rings is 2. The minimum Gasteiger partial charge on any atom is -0.495 e.